The highest BCUT2D eigenvalue weighted by molar-refractivity contribution is 5.98. The zero-order valence-electron chi connectivity index (χ0n) is 21.6. The summed E-state index contributed by atoms with van der Waals surface area (Å²) in [6.07, 6.45) is 5.98. The van der Waals surface area contributed by atoms with Crippen LogP contribution in [0.1, 0.15) is 71.3 Å². The second kappa shape index (κ2) is 10.6. The molecule has 11 nitrogen and oxygen atoms in total. The summed E-state index contributed by atoms with van der Waals surface area (Å²) in [6.45, 7) is 3.22. The topological polar surface area (TPSA) is 138 Å². The molecule has 0 bridgehead atoms. The fraction of sp³-hybridized carbons (Fsp3) is 0.321. The van der Waals surface area contributed by atoms with Gasteiger partial charge in [0.1, 0.15) is 16.9 Å². The number of aromatic nitrogens is 3. The average Bonchev–Trinajstić information content (AvgIpc) is 2.93. The molecule has 3 aromatic heterocycles. The van der Waals surface area contributed by atoms with Crippen molar-refractivity contribution >= 4 is 34.2 Å². The lowest BCUT2D eigenvalue weighted by Crippen LogP contribution is -2.35. The third-order valence-corrected chi connectivity index (χ3v) is 7.11. The van der Waals surface area contributed by atoms with Crippen LogP contribution in [-0.2, 0) is 4.74 Å². The minimum Gasteiger partial charge on any atom is -0.462 e. The zero-order chi connectivity index (χ0) is 27.7. The molecule has 0 saturated heterocycles. The van der Waals surface area contributed by atoms with Crippen molar-refractivity contribution in [3.05, 3.63) is 91.3 Å². The zero-order valence-corrected chi connectivity index (χ0v) is 21.6. The molecule has 0 spiro atoms. The molecule has 1 fully saturated rings. The summed E-state index contributed by atoms with van der Waals surface area (Å²) >= 11 is 0. The first-order valence-electron chi connectivity index (χ1n) is 12.9. The van der Waals surface area contributed by atoms with Gasteiger partial charge in [0.25, 0.3) is 17.2 Å². The summed E-state index contributed by atoms with van der Waals surface area (Å²) in [4.78, 5) is 60.4. The van der Waals surface area contributed by atoms with Crippen LogP contribution in [0.2, 0.25) is 0 Å². The van der Waals surface area contributed by atoms with E-state index >= 15 is 0 Å². The molecular formula is C28H27N5O6. The van der Waals surface area contributed by atoms with E-state index in [4.69, 9.17) is 9.72 Å². The third kappa shape index (κ3) is 4.71. The Morgan fingerprint density at radius 1 is 1.13 bits per heavy atom. The number of carbonyl (C=O) groups is 2. The van der Waals surface area contributed by atoms with Gasteiger partial charge in [0.2, 0.25) is 0 Å². The minimum atomic E-state index is -0.747. The van der Waals surface area contributed by atoms with E-state index in [0.717, 1.165) is 32.1 Å². The molecular weight excluding hydrogens is 502 g/mol. The van der Waals surface area contributed by atoms with Gasteiger partial charge < -0.3 is 9.30 Å². The highest BCUT2D eigenvalue weighted by Crippen LogP contribution is 2.29. The molecule has 0 unspecified atom stereocenters. The number of benzene rings is 1. The van der Waals surface area contributed by atoms with E-state index in [2.05, 4.69) is 4.99 Å². The summed E-state index contributed by atoms with van der Waals surface area (Å²) in [5, 5.41) is 11.7. The maximum absolute atomic E-state index is 13.6. The van der Waals surface area contributed by atoms with Crippen LogP contribution in [0, 0.1) is 17.0 Å². The summed E-state index contributed by atoms with van der Waals surface area (Å²) in [5.74, 6) is -1.48. The van der Waals surface area contributed by atoms with Crippen molar-refractivity contribution in [1.29, 1.82) is 0 Å². The van der Waals surface area contributed by atoms with E-state index < -0.39 is 16.8 Å². The SMILES string of the molecule is CCOC(=O)c1cc2c(=O)n3ccccc3nc2n(C2CCCCC2)c1=NC(=O)c1cccc([N+](=O)[O-])c1C. The molecule has 1 saturated carbocycles. The van der Waals surface area contributed by atoms with E-state index in [1.54, 1.807) is 35.9 Å². The normalized spacial score (nSPS) is 14.6. The third-order valence-electron chi connectivity index (χ3n) is 7.11. The highest BCUT2D eigenvalue weighted by Gasteiger charge is 2.26. The number of amides is 1. The molecule has 3 heterocycles. The number of pyridine rings is 2. The first-order valence-corrected chi connectivity index (χ1v) is 12.9. The molecule has 39 heavy (non-hydrogen) atoms. The largest absolute Gasteiger partial charge is 0.462 e. The van der Waals surface area contributed by atoms with E-state index in [1.807, 2.05) is 0 Å². The predicted octanol–water partition coefficient (Wildman–Crippen LogP) is 4.29. The van der Waals surface area contributed by atoms with Gasteiger partial charge >= 0.3 is 5.97 Å². The number of hydrogen-bond donors (Lipinski definition) is 0. The van der Waals surface area contributed by atoms with Gasteiger partial charge in [-0.3, -0.25) is 24.1 Å². The molecule has 0 N–H and O–H groups in total. The second-order valence-corrected chi connectivity index (χ2v) is 9.47. The fourth-order valence-electron chi connectivity index (χ4n) is 5.21. The van der Waals surface area contributed by atoms with Gasteiger partial charge in [0.05, 0.1) is 22.5 Å². The Balaban J connectivity index is 1.89. The maximum atomic E-state index is 13.6. The molecule has 1 amide bonds. The highest BCUT2D eigenvalue weighted by atomic mass is 16.6. The number of esters is 1. The van der Waals surface area contributed by atoms with E-state index in [-0.39, 0.29) is 51.5 Å². The number of ether oxygens (including phenoxy) is 1. The van der Waals surface area contributed by atoms with Gasteiger partial charge in [-0.2, -0.15) is 4.99 Å². The van der Waals surface area contributed by atoms with Crippen molar-refractivity contribution in [3.63, 3.8) is 0 Å². The number of nitro groups is 1. The molecule has 11 heteroatoms. The Morgan fingerprint density at radius 2 is 1.90 bits per heavy atom. The molecule has 0 radical (unpaired) electrons. The Kier molecular flexibility index (Phi) is 7.05. The monoisotopic (exact) mass is 529 g/mol. The van der Waals surface area contributed by atoms with Crippen LogP contribution >= 0.6 is 0 Å². The molecule has 4 aromatic rings. The maximum Gasteiger partial charge on any atom is 0.341 e. The van der Waals surface area contributed by atoms with Crippen molar-refractivity contribution in [2.24, 2.45) is 4.99 Å². The number of nitrogens with zero attached hydrogens (tertiary/aromatic N) is 5. The van der Waals surface area contributed by atoms with Crippen LogP contribution in [0.4, 0.5) is 5.69 Å². The molecule has 1 aromatic carbocycles. The first kappa shape index (κ1) is 26.0. The van der Waals surface area contributed by atoms with Gasteiger partial charge in [-0.25, -0.2) is 9.78 Å². The molecule has 200 valence electrons. The number of fused-ring (bicyclic) bond motifs is 2. The Bertz CT molecular complexity index is 1760. The van der Waals surface area contributed by atoms with Crippen molar-refractivity contribution in [3.8, 4) is 0 Å². The first-order chi connectivity index (χ1) is 18.8. The van der Waals surface area contributed by atoms with Crippen LogP contribution < -0.4 is 11.0 Å². The lowest BCUT2D eigenvalue weighted by molar-refractivity contribution is -0.385. The summed E-state index contributed by atoms with van der Waals surface area (Å²) < 4.78 is 8.43. The molecule has 5 rings (SSSR count). The Labute approximate surface area is 222 Å². The fourth-order valence-corrected chi connectivity index (χ4v) is 5.21. The van der Waals surface area contributed by atoms with Crippen LogP contribution in [0.25, 0.3) is 16.7 Å². The molecule has 0 atom stereocenters. The van der Waals surface area contributed by atoms with Crippen LogP contribution in [0.5, 0.6) is 0 Å². The van der Waals surface area contributed by atoms with Crippen LogP contribution in [0.15, 0.2) is 58.4 Å². The quantitative estimate of drug-likeness (QED) is 0.163. The second-order valence-electron chi connectivity index (χ2n) is 9.47. The van der Waals surface area contributed by atoms with Crippen molar-refractivity contribution < 1.29 is 19.2 Å². The van der Waals surface area contributed by atoms with Crippen LogP contribution in [0.3, 0.4) is 0 Å². The Hall–Kier alpha value is -4.67. The van der Waals surface area contributed by atoms with E-state index in [0.29, 0.717) is 11.3 Å². The predicted molar refractivity (Wildman–Crippen MR) is 143 cm³/mol. The van der Waals surface area contributed by atoms with Gasteiger partial charge in [0, 0.05) is 23.9 Å². The number of nitro benzene ring substituents is 1. The molecule has 1 aliphatic carbocycles. The standard InChI is InChI=1S/C28H27N5O6/c1-3-39-28(36)21-16-20-24(29-23-14-7-8-15-31(23)27(20)35)32(18-10-5-4-6-11-18)25(21)30-26(34)19-12-9-13-22(17(19)2)33(37)38/h7-9,12-16,18H,3-6,10-11H2,1-2H3. The summed E-state index contributed by atoms with van der Waals surface area (Å²) in [7, 11) is 0. The number of rotatable bonds is 5. The minimum absolute atomic E-state index is 0.0240. The average molecular weight is 530 g/mol. The molecule has 0 aliphatic heterocycles. The lowest BCUT2D eigenvalue weighted by atomic mass is 9.94. The molecule has 1 aliphatic rings. The lowest BCUT2D eigenvalue weighted by Gasteiger charge is -2.27. The Morgan fingerprint density at radius 3 is 2.62 bits per heavy atom. The van der Waals surface area contributed by atoms with Crippen molar-refractivity contribution in [2.45, 2.75) is 52.0 Å². The van der Waals surface area contributed by atoms with Gasteiger partial charge in [-0.05, 0) is 51.0 Å². The van der Waals surface area contributed by atoms with Gasteiger partial charge in [0.15, 0.2) is 5.49 Å². The van der Waals surface area contributed by atoms with Gasteiger partial charge in [-0.1, -0.05) is 31.4 Å². The van der Waals surface area contributed by atoms with Crippen molar-refractivity contribution in [2.75, 3.05) is 6.61 Å². The smallest absolute Gasteiger partial charge is 0.341 e. The number of carbonyl (C=O) groups excluding carboxylic acids is 2. The number of hydrogen-bond acceptors (Lipinski definition) is 7. The van der Waals surface area contributed by atoms with Crippen molar-refractivity contribution in [1.82, 2.24) is 14.0 Å². The van der Waals surface area contributed by atoms with Crippen LogP contribution in [-0.4, -0.2) is 37.4 Å². The summed E-state index contributed by atoms with van der Waals surface area (Å²) in [6, 6.07) is 10.6. The van der Waals surface area contributed by atoms with E-state index in [9.17, 15) is 24.5 Å². The van der Waals surface area contributed by atoms with E-state index in [1.165, 1.54) is 35.6 Å². The summed E-state index contributed by atoms with van der Waals surface area (Å²) in [5.41, 5.74) is 0.350. The van der Waals surface area contributed by atoms with Gasteiger partial charge in [-0.15, -0.1) is 0 Å².